The molecule has 5 nitrogen and oxygen atoms in total. The fourth-order valence-electron chi connectivity index (χ4n) is 3.21. The Morgan fingerprint density at radius 3 is 2.19 bits per heavy atom. The van der Waals surface area contributed by atoms with Crippen molar-refractivity contribution in [2.75, 3.05) is 36.5 Å². The topological polar surface area (TPSA) is 54.5 Å². The first-order valence-electron chi connectivity index (χ1n) is 10.7. The predicted octanol–water partition coefficient (Wildman–Crippen LogP) is 5.70. The molecule has 0 atom stereocenters. The van der Waals surface area contributed by atoms with Crippen LogP contribution in [-0.4, -0.2) is 37.2 Å². The van der Waals surface area contributed by atoms with Gasteiger partial charge in [0.05, 0.1) is 12.3 Å². The summed E-state index contributed by atoms with van der Waals surface area (Å²) in [4.78, 5) is 17.8. The van der Waals surface area contributed by atoms with Crippen molar-refractivity contribution in [3.63, 3.8) is 0 Å². The van der Waals surface area contributed by atoms with E-state index < -0.39 is 17.8 Å². The number of nitrogens with one attached hydrogen (secondary N) is 1. The molecular formula is C24H32F3N3O2. The van der Waals surface area contributed by atoms with E-state index in [0.717, 1.165) is 6.42 Å². The summed E-state index contributed by atoms with van der Waals surface area (Å²) in [5, 5.41) is 2.42. The zero-order chi connectivity index (χ0) is 23.8. The number of alkyl halides is 3. The van der Waals surface area contributed by atoms with E-state index in [9.17, 15) is 18.0 Å². The molecule has 1 amide bonds. The second kappa shape index (κ2) is 11.3. The van der Waals surface area contributed by atoms with Crippen LogP contribution in [0.4, 0.5) is 24.7 Å². The lowest BCUT2D eigenvalue weighted by atomic mass is 9.92. The fraction of sp³-hybridized carbons (Fsp3) is 0.500. The zero-order valence-electron chi connectivity index (χ0n) is 19.1. The van der Waals surface area contributed by atoms with Crippen molar-refractivity contribution < 1.29 is 22.7 Å². The van der Waals surface area contributed by atoms with E-state index >= 15 is 0 Å². The fourth-order valence-corrected chi connectivity index (χ4v) is 3.21. The molecule has 2 aromatic rings. The average Bonchev–Trinajstić information content (AvgIpc) is 2.98. The van der Waals surface area contributed by atoms with Crippen LogP contribution in [0.1, 0.15) is 44.9 Å². The summed E-state index contributed by atoms with van der Waals surface area (Å²) in [6, 6.07) is 13.6. The molecule has 1 saturated heterocycles. The van der Waals surface area contributed by atoms with Crippen molar-refractivity contribution in [2.24, 2.45) is 5.41 Å². The van der Waals surface area contributed by atoms with Crippen molar-refractivity contribution in [3.8, 4) is 0 Å². The molecule has 1 fully saturated rings. The van der Waals surface area contributed by atoms with Crippen LogP contribution in [0.15, 0.2) is 42.5 Å². The predicted molar refractivity (Wildman–Crippen MR) is 121 cm³/mol. The third-order valence-corrected chi connectivity index (χ3v) is 4.64. The molecular weight excluding hydrogens is 419 g/mol. The Balaban J connectivity index is 0.000000520. The summed E-state index contributed by atoms with van der Waals surface area (Å²) < 4.78 is 46.1. The van der Waals surface area contributed by atoms with Crippen molar-refractivity contribution in [2.45, 2.75) is 46.7 Å². The van der Waals surface area contributed by atoms with Gasteiger partial charge in [-0.25, -0.2) is 4.98 Å². The Morgan fingerprint density at radius 1 is 1.06 bits per heavy atom. The second-order valence-electron chi connectivity index (χ2n) is 8.91. The second-order valence-corrected chi connectivity index (χ2v) is 8.91. The van der Waals surface area contributed by atoms with Gasteiger partial charge in [-0.1, -0.05) is 57.2 Å². The normalized spacial score (nSPS) is 14.8. The number of benzene rings is 1. The maximum Gasteiger partial charge on any atom is 0.435 e. The van der Waals surface area contributed by atoms with Gasteiger partial charge in [-0.15, -0.1) is 0 Å². The Morgan fingerprint density at radius 2 is 1.66 bits per heavy atom. The lowest BCUT2D eigenvalue weighted by Crippen LogP contribution is -2.29. The van der Waals surface area contributed by atoms with Gasteiger partial charge in [0.2, 0.25) is 5.91 Å². The third-order valence-electron chi connectivity index (χ3n) is 4.64. The minimum absolute atomic E-state index is 0.120. The molecule has 0 unspecified atom stereocenters. The lowest BCUT2D eigenvalue weighted by Gasteiger charge is -2.25. The van der Waals surface area contributed by atoms with Crippen LogP contribution in [0.5, 0.6) is 0 Å². The molecule has 1 aromatic carbocycles. The highest BCUT2D eigenvalue weighted by Crippen LogP contribution is 2.37. The van der Waals surface area contributed by atoms with E-state index in [0.29, 0.717) is 31.9 Å². The summed E-state index contributed by atoms with van der Waals surface area (Å²) in [6.07, 6.45) is -3.81. The van der Waals surface area contributed by atoms with Crippen LogP contribution in [0.25, 0.3) is 0 Å². The van der Waals surface area contributed by atoms with E-state index in [-0.39, 0.29) is 23.3 Å². The molecule has 1 aliphatic heterocycles. The number of rotatable bonds is 3. The van der Waals surface area contributed by atoms with Crippen LogP contribution in [0.2, 0.25) is 0 Å². The number of carbonyl (C=O) groups is 1. The number of hydrogen-bond donors (Lipinski definition) is 1. The number of hydrogen-bond acceptors (Lipinski definition) is 4. The van der Waals surface area contributed by atoms with Gasteiger partial charge in [0.15, 0.2) is 5.69 Å². The first-order valence-corrected chi connectivity index (χ1v) is 10.7. The van der Waals surface area contributed by atoms with E-state index in [1.807, 2.05) is 57.2 Å². The Kier molecular flexibility index (Phi) is 9.07. The molecule has 1 aliphatic rings. The van der Waals surface area contributed by atoms with Crippen molar-refractivity contribution in [1.82, 2.24) is 4.98 Å². The molecule has 0 aliphatic carbocycles. The molecule has 0 spiro atoms. The van der Waals surface area contributed by atoms with Crippen LogP contribution in [-0.2, 0) is 15.7 Å². The van der Waals surface area contributed by atoms with Crippen LogP contribution in [0, 0.1) is 12.3 Å². The molecule has 8 heteroatoms. The molecule has 0 bridgehead atoms. The summed E-state index contributed by atoms with van der Waals surface area (Å²) in [7, 11) is 0. The maximum absolute atomic E-state index is 13.6. The minimum atomic E-state index is -4.66. The largest absolute Gasteiger partial charge is 0.435 e. The Labute approximate surface area is 188 Å². The molecule has 3 rings (SSSR count). The Hall–Kier alpha value is -2.61. The highest BCUT2D eigenvalue weighted by molar-refractivity contribution is 5.92. The molecule has 32 heavy (non-hydrogen) atoms. The number of anilines is 2. The highest BCUT2D eigenvalue weighted by Gasteiger charge is 2.38. The van der Waals surface area contributed by atoms with Gasteiger partial charge >= 0.3 is 6.18 Å². The molecule has 176 valence electrons. The molecule has 2 heterocycles. The summed E-state index contributed by atoms with van der Waals surface area (Å²) >= 11 is 0. The summed E-state index contributed by atoms with van der Waals surface area (Å²) in [6.45, 7) is 9.22. The number of amides is 1. The van der Waals surface area contributed by atoms with Gasteiger partial charge in [-0.3, -0.25) is 4.79 Å². The van der Waals surface area contributed by atoms with Gasteiger partial charge in [0.1, 0.15) is 5.82 Å². The standard InChI is InChI=1S/C18H26F3N3O2.C6H6/c1-12-10-13(24-6-5-8-26-9-7-24)22-16(18(19,20)21)15(12)23-14(25)11-17(2,3)4;1-2-4-6-5-3-1/h10H,5-9,11H2,1-4H3,(H,23,25);1-6H. The van der Waals surface area contributed by atoms with Gasteiger partial charge in [-0.05, 0) is 30.4 Å². The number of carbonyl (C=O) groups excluding carboxylic acids is 1. The van der Waals surface area contributed by atoms with Crippen LogP contribution in [0.3, 0.4) is 0 Å². The molecule has 1 N–H and O–H groups in total. The van der Waals surface area contributed by atoms with E-state index in [2.05, 4.69) is 10.3 Å². The monoisotopic (exact) mass is 451 g/mol. The van der Waals surface area contributed by atoms with Gasteiger partial charge in [-0.2, -0.15) is 13.2 Å². The van der Waals surface area contributed by atoms with Crippen molar-refractivity contribution >= 4 is 17.4 Å². The highest BCUT2D eigenvalue weighted by atomic mass is 19.4. The molecule has 0 saturated carbocycles. The van der Waals surface area contributed by atoms with Gasteiger partial charge in [0.25, 0.3) is 0 Å². The molecule has 1 aromatic heterocycles. The number of halogens is 3. The average molecular weight is 452 g/mol. The third kappa shape index (κ3) is 8.49. The van der Waals surface area contributed by atoms with Crippen LogP contribution >= 0.6 is 0 Å². The summed E-state index contributed by atoms with van der Waals surface area (Å²) in [5.74, 6) is -0.196. The van der Waals surface area contributed by atoms with Crippen molar-refractivity contribution in [3.05, 3.63) is 53.7 Å². The van der Waals surface area contributed by atoms with Gasteiger partial charge in [0, 0.05) is 26.1 Å². The number of aromatic nitrogens is 1. The van der Waals surface area contributed by atoms with E-state index in [1.54, 1.807) is 17.9 Å². The first-order chi connectivity index (χ1) is 15.0. The van der Waals surface area contributed by atoms with Gasteiger partial charge < -0.3 is 15.0 Å². The van der Waals surface area contributed by atoms with E-state index in [4.69, 9.17) is 4.74 Å². The smallest absolute Gasteiger partial charge is 0.380 e. The van der Waals surface area contributed by atoms with Crippen LogP contribution < -0.4 is 10.2 Å². The maximum atomic E-state index is 13.6. The molecule has 0 radical (unpaired) electrons. The SMILES string of the molecule is Cc1cc(N2CCCOCC2)nc(C(F)(F)F)c1NC(=O)CC(C)(C)C.c1ccccc1. The van der Waals surface area contributed by atoms with E-state index in [1.165, 1.54) is 0 Å². The lowest BCUT2D eigenvalue weighted by molar-refractivity contribution is -0.140. The number of ether oxygens (including phenoxy) is 1. The zero-order valence-corrected chi connectivity index (χ0v) is 19.1. The minimum Gasteiger partial charge on any atom is -0.380 e. The quantitative estimate of drug-likeness (QED) is 0.651. The first kappa shape index (κ1) is 25.6. The number of pyridine rings is 1. The number of aryl methyl sites for hydroxylation is 1. The number of nitrogens with zero attached hydrogens (tertiary/aromatic N) is 2. The Bertz CT molecular complexity index is 831. The summed E-state index contributed by atoms with van der Waals surface area (Å²) in [5.41, 5.74) is -1.30. The van der Waals surface area contributed by atoms with Crippen molar-refractivity contribution in [1.29, 1.82) is 0 Å².